The minimum Gasteiger partial charge on any atom is -0.548 e. The number of aliphatic hydroxyl groups is 1. The molecule has 0 aliphatic rings. The van der Waals surface area contributed by atoms with Crippen LogP contribution in [0.3, 0.4) is 0 Å². The number of hydrogen-bond donors (Lipinski definition) is 1. The molecule has 0 rings (SSSR count). The molecule has 3 nitrogen and oxygen atoms in total. The Balaban J connectivity index is -0.0000000750. The van der Waals surface area contributed by atoms with E-state index in [9.17, 15) is 0 Å². The largest absolute Gasteiger partial charge is 2.00 e. The second-order valence-electron chi connectivity index (χ2n) is 0.530. The Morgan fingerprint density at radius 3 is 1.75 bits per heavy atom. The number of hydrogen-bond acceptors (Lipinski definition) is 3. The van der Waals surface area contributed by atoms with Crippen molar-refractivity contribution in [2.75, 3.05) is 6.61 Å². The van der Waals surface area contributed by atoms with E-state index in [1.165, 1.54) is 0 Å². The third-order valence-corrected chi connectivity index (χ3v) is 0.129. The number of carboxylic acids is 1. The molecule has 0 bridgehead atoms. The minimum atomic E-state index is -1.44. The summed E-state index contributed by atoms with van der Waals surface area (Å²) in [5, 5.41) is 16.5. The van der Waals surface area contributed by atoms with Gasteiger partial charge in [0.25, 0.3) is 0 Å². The first-order chi connectivity index (χ1) is 3.27. The van der Waals surface area contributed by atoms with Crippen molar-refractivity contribution in [3.05, 3.63) is 13.2 Å². The van der Waals surface area contributed by atoms with Crippen LogP contribution in [-0.4, -0.2) is 17.7 Å². The van der Waals surface area contributed by atoms with E-state index >= 15 is 0 Å². The molecule has 0 unspecified atom stereocenters. The van der Waals surface area contributed by atoms with Gasteiger partial charge in [0, 0.05) is 0 Å². The van der Waals surface area contributed by atoms with Crippen LogP contribution in [0.1, 0.15) is 0 Å². The molecule has 49 valence electrons. The number of aliphatic hydroxyl groups excluding tert-OH is 1. The summed E-state index contributed by atoms with van der Waals surface area (Å²) in [4.78, 5) is 9.01. The summed E-state index contributed by atoms with van der Waals surface area (Å²) >= 11 is 0. The first kappa shape index (κ1) is 15.6. The van der Waals surface area contributed by atoms with E-state index in [1.807, 2.05) is 0 Å². The van der Waals surface area contributed by atoms with Gasteiger partial charge in [0.05, 0.1) is 12.6 Å². The Morgan fingerprint density at radius 1 is 1.62 bits per heavy atom. The second kappa shape index (κ2) is 15.9. The van der Waals surface area contributed by atoms with Crippen LogP contribution in [0.4, 0.5) is 0 Å². The van der Waals surface area contributed by atoms with Gasteiger partial charge in [0.2, 0.25) is 0 Å². The number of carbonyl (C=O) groups is 1. The maximum atomic E-state index is 9.01. The normalized spacial score (nSPS) is 5.12. The summed E-state index contributed by atoms with van der Waals surface area (Å²) in [6, 6.07) is 0. The zero-order valence-corrected chi connectivity index (χ0v) is 5.26. The van der Waals surface area contributed by atoms with Gasteiger partial charge in [0.15, 0.2) is 0 Å². The Morgan fingerprint density at radius 2 is 1.75 bits per heavy atom. The summed E-state index contributed by atoms with van der Waals surface area (Å²) in [6.45, 7) is 5.11. The Kier molecular flexibility index (Phi) is 31.1. The van der Waals surface area contributed by atoms with Crippen molar-refractivity contribution in [2.24, 2.45) is 0 Å². The van der Waals surface area contributed by atoms with Crippen LogP contribution in [0, 0.1) is 0 Å². The number of carboxylic acid groups (broad SMARTS) is 1. The molecule has 0 amide bonds. The third kappa shape index (κ3) is 44.2. The maximum Gasteiger partial charge on any atom is 2.00 e. The molecule has 1 N–H and O–H groups in total. The molecule has 0 fully saturated rings. The van der Waals surface area contributed by atoms with E-state index in [0.717, 1.165) is 0 Å². The summed E-state index contributed by atoms with van der Waals surface area (Å²) < 4.78 is 0. The van der Waals surface area contributed by atoms with Crippen molar-refractivity contribution >= 4 is 5.97 Å². The van der Waals surface area contributed by atoms with Gasteiger partial charge in [-0.05, 0) is 0 Å². The molecule has 0 aliphatic heterocycles. The molecule has 0 atom stereocenters. The van der Waals surface area contributed by atoms with E-state index in [2.05, 4.69) is 13.2 Å². The van der Waals surface area contributed by atoms with Crippen LogP contribution < -0.4 is 5.11 Å². The number of carbonyl (C=O) groups excluding carboxylic acids is 1. The van der Waals surface area contributed by atoms with Crippen molar-refractivity contribution in [2.45, 2.75) is 0 Å². The van der Waals surface area contributed by atoms with Gasteiger partial charge in [-0.25, -0.2) is 0 Å². The van der Waals surface area contributed by atoms with Gasteiger partial charge in [0.1, 0.15) is 0 Å². The van der Waals surface area contributed by atoms with Gasteiger partial charge in [-0.2, -0.15) is 0 Å². The van der Waals surface area contributed by atoms with Crippen molar-refractivity contribution in [3.8, 4) is 0 Å². The molecule has 0 saturated heterocycles. The molecule has 4 heteroatoms. The van der Waals surface area contributed by atoms with E-state index < -0.39 is 12.6 Å². The molecule has 0 aromatic carbocycles. The maximum absolute atomic E-state index is 9.01. The molecular weight excluding hydrogens is 155 g/mol. The van der Waals surface area contributed by atoms with Crippen LogP contribution in [0.15, 0.2) is 13.2 Å². The first-order valence-electron chi connectivity index (χ1n) is 1.58. The fraction of sp³-hybridized carbons (Fsp3) is 0.250. The predicted octanol–water partition coefficient (Wildman–Crippen LogP) is -1.47. The Labute approximate surface area is 58.2 Å². The van der Waals surface area contributed by atoms with Crippen molar-refractivity contribution in [1.82, 2.24) is 0 Å². The Bertz CT molecular complexity index is 55.2. The van der Waals surface area contributed by atoms with E-state index in [4.69, 9.17) is 15.0 Å². The Hall–Kier alpha value is -0.324. The molecule has 0 aromatic heterocycles. The topological polar surface area (TPSA) is 60.4 Å². The van der Waals surface area contributed by atoms with Gasteiger partial charge in [-0.15, -0.1) is 13.2 Å². The molecule has 0 heterocycles. The zero-order valence-electron chi connectivity index (χ0n) is 4.22. The smallest absolute Gasteiger partial charge is 0.548 e. The fourth-order valence-electron chi connectivity index (χ4n) is 0. The fourth-order valence-corrected chi connectivity index (χ4v) is 0. The van der Waals surface area contributed by atoms with Gasteiger partial charge >= 0.3 is 16.8 Å². The average Bonchev–Trinajstić information content (AvgIpc) is 1.73. The summed E-state index contributed by atoms with van der Waals surface area (Å²) in [6.07, 6.45) is 0. The first-order valence-corrected chi connectivity index (χ1v) is 1.58. The standard InChI is InChI=1S/C2H4O3.C2H4.Co/c3-1-2(4)5;1-2;/h3H,1H2,(H,4,5);1-2H2;/q;;+2/p-1. The SMILES string of the molecule is C=C.O=C([O-])CO.[Co+2]. The zero-order chi connectivity index (χ0) is 6.28. The van der Waals surface area contributed by atoms with Crippen LogP contribution in [0.5, 0.6) is 0 Å². The van der Waals surface area contributed by atoms with Crippen molar-refractivity contribution in [1.29, 1.82) is 0 Å². The van der Waals surface area contributed by atoms with E-state index in [1.54, 1.807) is 0 Å². The summed E-state index contributed by atoms with van der Waals surface area (Å²) in [7, 11) is 0. The van der Waals surface area contributed by atoms with Crippen LogP contribution >= 0.6 is 0 Å². The van der Waals surface area contributed by atoms with Gasteiger partial charge in [-0.3, -0.25) is 0 Å². The van der Waals surface area contributed by atoms with Crippen LogP contribution in [-0.2, 0) is 21.6 Å². The second-order valence-corrected chi connectivity index (χ2v) is 0.530. The van der Waals surface area contributed by atoms with Crippen LogP contribution in [0.25, 0.3) is 0 Å². The van der Waals surface area contributed by atoms with Crippen molar-refractivity contribution < 1.29 is 31.8 Å². The molecule has 0 aliphatic carbocycles. The molecule has 8 heavy (non-hydrogen) atoms. The van der Waals surface area contributed by atoms with Gasteiger partial charge in [-0.1, -0.05) is 0 Å². The van der Waals surface area contributed by atoms with Gasteiger partial charge < -0.3 is 15.0 Å². The molecule has 0 spiro atoms. The summed E-state index contributed by atoms with van der Waals surface area (Å²) in [5.41, 5.74) is 0. The number of rotatable bonds is 1. The third-order valence-electron chi connectivity index (χ3n) is 0.129. The summed E-state index contributed by atoms with van der Waals surface area (Å²) in [5.74, 6) is -1.44. The van der Waals surface area contributed by atoms with Crippen molar-refractivity contribution in [3.63, 3.8) is 0 Å². The van der Waals surface area contributed by atoms with E-state index in [0.29, 0.717) is 0 Å². The molecule has 1 radical (unpaired) electrons. The van der Waals surface area contributed by atoms with E-state index in [-0.39, 0.29) is 16.8 Å². The monoisotopic (exact) mass is 162 g/mol. The predicted molar refractivity (Wildman–Crippen MR) is 23.3 cm³/mol. The number of aliphatic carboxylic acids is 1. The molecule has 0 aromatic rings. The molecule has 0 saturated carbocycles. The van der Waals surface area contributed by atoms with Crippen LogP contribution in [0.2, 0.25) is 0 Å². The minimum absolute atomic E-state index is 0. The quantitative estimate of drug-likeness (QED) is 0.478. The average molecular weight is 162 g/mol. The molecular formula is C4H7CoO3+.